The summed E-state index contributed by atoms with van der Waals surface area (Å²) >= 11 is 6.23. The van der Waals surface area contributed by atoms with Gasteiger partial charge in [0.2, 0.25) is 5.75 Å². The minimum atomic E-state index is -0.685. The van der Waals surface area contributed by atoms with Crippen molar-refractivity contribution in [2.24, 2.45) is 5.92 Å². The van der Waals surface area contributed by atoms with Crippen molar-refractivity contribution in [3.63, 3.8) is 0 Å². The van der Waals surface area contributed by atoms with E-state index in [-0.39, 0.29) is 10.9 Å². The number of ether oxygens (including phenoxy) is 3. The van der Waals surface area contributed by atoms with Crippen molar-refractivity contribution in [3.05, 3.63) is 66.3 Å². The van der Waals surface area contributed by atoms with Crippen LogP contribution in [0.5, 0.6) is 17.2 Å². The van der Waals surface area contributed by atoms with Crippen molar-refractivity contribution in [2.45, 2.75) is 19.2 Å². The van der Waals surface area contributed by atoms with Crippen LogP contribution in [0.2, 0.25) is 0 Å². The third kappa shape index (κ3) is 8.26. The lowest BCUT2D eigenvalue weighted by atomic mass is 10.1. The van der Waals surface area contributed by atoms with Gasteiger partial charge < -0.3 is 24.8 Å². The van der Waals surface area contributed by atoms with Gasteiger partial charge in [0.05, 0.1) is 26.7 Å². The van der Waals surface area contributed by atoms with E-state index in [1.54, 1.807) is 18.2 Å². The Kier molecular flexibility index (Phi) is 10.5. The van der Waals surface area contributed by atoms with Crippen molar-refractivity contribution in [1.29, 1.82) is 0 Å². The summed E-state index contributed by atoms with van der Waals surface area (Å²) in [6.45, 7) is 8.63. The van der Waals surface area contributed by atoms with Crippen LogP contribution in [-0.4, -0.2) is 45.2 Å². The third-order valence-electron chi connectivity index (χ3n) is 4.95. The highest BCUT2D eigenvalue weighted by atomic mass is 35.5. The number of carbonyl (C=O) groups excluding carboxylic acids is 2. The summed E-state index contributed by atoms with van der Waals surface area (Å²) in [5.41, 5.74) is 2.32. The number of amides is 3. The fourth-order valence-corrected chi connectivity index (χ4v) is 3.05. The van der Waals surface area contributed by atoms with Gasteiger partial charge in [-0.1, -0.05) is 38.6 Å². The molecule has 0 heterocycles. The molecule has 0 fully saturated rings. The molecule has 0 bridgehead atoms. The predicted molar refractivity (Wildman–Crippen MR) is 140 cm³/mol. The van der Waals surface area contributed by atoms with E-state index in [1.165, 1.54) is 33.5 Å². The number of carbonyl (C=O) groups is 2. The smallest absolute Gasteiger partial charge is 0.326 e. The monoisotopic (exact) mass is 501 g/mol. The molecule has 0 aliphatic carbocycles. The van der Waals surface area contributed by atoms with Crippen LogP contribution < -0.4 is 30.2 Å². The van der Waals surface area contributed by atoms with Crippen LogP contribution in [0, 0.1) is 5.92 Å². The fraction of sp³-hybridized carbons (Fsp3) is 0.308. The number of imide groups is 1. The molecule has 0 aliphatic rings. The Balaban J connectivity index is 1.99. The van der Waals surface area contributed by atoms with Crippen LogP contribution in [0.25, 0.3) is 0 Å². The molecule has 0 spiro atoms. The van der Waals surface area contributed by atoms with Crippen LogP contribution in [0.3, 0.4) is 0 Å². The molecule has 35 heavy (non-hydrogen) atoms. The maximum atomic E-state index is 12.6. The van der Waals surface area contributed by atoms with Gasteiger partial charge in [0.25, 0.3) is 5.91 Å². The minimum Gasteiger partial charge on any atom is -0.493 e. The maximum Gasteiger partial charge on any atom is 0.326 e. The average Bonchev–Trinajstić information content (AvgIpc) is 2.84. The first-order chi connectivity index (χ1) is 16.7. The molecule has 1 atom stereocenters. The van der Waals surface area contributed by atoms with E-state index in [0.717, 1.165) is 11.3 Å². The molecule has 2 aromatic rings. The number of nitrogens with one attached hydrogen (secondary N) is 3. The molecular weight excluding hydrogens is 470 g/mol. The van der Waals surface area contributed by atoms with E-state index < -0.39 is 11.9 Å². The second-order valence-corrected chi connectivity index (χ2v) is 8.47. The molecule has 2 aromatic carbocycles. The van der Waals surface area contributed by atoms with Crippen molar-refractivity contribution >= 4 is 34.9 Å². The lowest BCUT2D eigenvalue weighted by Gasteiger charge is -2.14. The van der Waals surface area contributed by atoms with Gasteiger partial charge in [-0.3, -0.25) is 10.1 Å². The first-order valence-electron chi connectivity index (χ1n) is 10.9. The average molecular weight is 502 g/mol. The molecule has 2 rings (SSSR count). The first kappa shape index (κ1) is 27.6. The van der Waals surface area contributed by atoms with Gasteiger partial charge in [0.15, 0.2) is 11.5 Å². The van der Waals surface area contributed by atoms with E-state index in [1.807, 2.05) is 18.2 Å². The molecule has 188 valence electrons. The molecule has 0 aliphatic heterocycles. The lowest BCUT2D eigenvalue weighted by molar-refractivity contribution is 0.0966. The number of methoxy groups -OCH3 is 3. The highest BCUT2D eigenvalue weighted by Gasteiger charge is 2.18. The predicted octanol–water partition coefficient (Wildman–Crippen LogP) is 5.46. The van der Waals surface area contributed by atoms with Crippen LogP contribution in [0.4, 0.5) is 16.2 Å². The molecule has 0 aromatic heterocycles. The van der Waals surface area contributed by atoms with Gasteiger partial charge in [0.1, 0.15) is 0 Å². The largest absolute Gasteiger partial charge is 0.493 e. The number of hydrogen-bond donors (Lipinski definition) is 3. The molecule has 0 radical (unpaired) electrons. The summed E-state index contributed by atoms with van der Waals surface area (Å²) in [6, 6.07) is 9.34. The van der Waals surface area contributed by atoms with Crippen LogP contribution in [0.1, 0.15) is 24.2 Å². The summed E-state index contributed by atoms with van der Waals surface area (Å²) in [4.78, 5) is 25.0. The zero-order valence-electron chi connectivity index (χ0n) is 20.6. The second-order valence-electron chi connectivity index (χ2n) is 7.96. The lowest BCUT2D eigenvalue weighted by Crippen LogP contribution is -2.34. The van der Waals surface area contributed by atoms with E-state index in [4.69, 9.17) is 25.8 Å². The van der Waals surface area contributed by atoms with Crippen molar-refractivity contribution in [1.82, 2.24) is 5.32 Å². The normalized spacial score (nSPS) is 11.6. The van der Waals surface area contributed by atoms with Gasteiger partial charge in [-0.2, -0.15) is 0 Å². The Morgan fingerprint density at radius 2 is 1.66 bits per heavy atom. The fourth-order valence-electron chi connectivity index (χ4n) is 2.98. The van der Waals surface area contributed by atoms with Gasteiger partial charge in [-0.05, 0) is 41.8 Å². The van der Waals surface area contributed by atoms with Crippen LogP contribution >= 0.6 is 11.6 Å². The quantitative estimate of drug-likeness (QED) is 0.279. The highest BCUT2D eigenvalue weighted by molar-refractivity contribution is 6.21. The van der Waals surface area contributed by atoms with Crippen LogP contribution in [0.15, 0.2) is 60.7 Å². The number of rotatable bonds is 11. The van der Waals surface area contributed by atoms with Gasteiger partial charge in [-0.25, -0.2) is 4.79 Å². The van der Waals surface area contributed by atoms with E-state index in [0.29, 0.717) is 35.4 Å². The molecule has 3 amide bonds. The number of benzene rings is 2. The number of anilines is 2. The molecule has 1 unspecified atom stereocenters. The topological polar surface area (TPSA) is 97.9 Å². The molecule has 0 saturated carbocycles. The van der Waals surface area contributed by atoms with E-state index >= 15 is 0 Å². The molecule has 0 saturated heterocycles. The van der Waals surface area contributed by atoms with E-state index in [2.05, 4.69) is 36.4 Å². The minimum absolute atomic E-state index is 0.0550. The molecule has 9 heteroatoms. The highest BCUT2D eigenvalue weighted by Crippen LogP contribution is 2.38. The zero-order valence-corrected chi connectivity index (χ0v) is 21.4. The molecular formula is C26H32ClN3O5. The maximum absolute atomic E-state index is 12.6. The van der Waals surface area contributed by atoms with Crippen molar-refractivity contribution in [2.75, 3.05) is 38.5 Å². The Hall–Kier alpha value is -3.65. The number of hydrogen-bond acceptors (Lipinski definition) is 6. The SMILES string of the molecule is C=C(/C=C\C(Cl)C(C)C)CNc1cccc(NC(=O)NC(=O)c2cc(OC)c(OC)c(OC)c2)c1. The summed E-state index contributed by atoms with van der Waals surface area (Å²) < 4.78 is 15.8. The van der Waals surface area contributed by atoms with Crippen molar-refractivity contribution < 1.29 is 23.8 Å². The summed E-state index contributed by atoms with van der Waals surface area (Å²) in [7, 11) is 4.35. The van der Waals surface area contributed by atoms with Gasteiger partial charge in [-0.15, -0.1) is 11.6 Å². The zero-order chi connectivity index (χ0) is 26.0. The number of allylic oxidation sites excluding steroid dienone is 1. The van der Waals surface area contributed by atoms with Crippen molar-refractivity contribution in [3.8, 4) is 17.2 Å². The van der Waals surface area contributed by atoms with Gasteiger partial charge in [0, 0.05) is 23.5 Å². The second kappa shape index (κ2) is 13.3. The summed E-state index contributed by atoms with van der Waals surface area (Å²) in [6.07, 6.45) is 3.82. The molecule has 8 nitrogen and oxygen atoms in total. The number of halogens is 1. The Morgan fingerprint density at radius 1 is 1.03 bits per heavy atom. The molecule has 3 N–H and O–H groups in total. The first-order valence-corrected chi connectivity index (χ1v) is 11.4. The van der Waals surface area contributed by atoms with Crippen LogP contribution in [-0.2, 0) is 0 Å². The Bertz CT molecular complexity index is 1060. The number of urea groups is 1. The van der Waals surface area contributed by atoms with Gasteiger partial charge >= 0.3 is 6.03 Å². The summed E-state index contributed by atoms with van der Waals surface area (Å²) in [5.74, 6) is 0.666. The Morgan fingerprint density at radius 3 is 2.23 bits per heavy atom. The van der Waals surface area contributed by atoms with E-state index in [9.17, 15) is 9.59 Å². The summed E-state index contributed by atoms with van der Waals surface area (Å²) in [5, 5.41) is 8.13. The standard InChI is InChI=1S/C26H32ClN3O5/c1-16(2)21(27)11-10-17(3)15-28-19-8-7-9-20(14-19)29-26(32)30-25(31)18-12-22(33-4)24(35-6)23(13-18)34-5/h7-14,16,21,28H,3,15H2,1-2,4-6H3,(H2,29,30,31,32)/b11-10-. The Labute approximate surface area is 211 Å². The number of alkyl halides is 1. The third-order valence-corrected chi connectivity index (χ3v) is 5.60.